The molecule has 0 radical (unpaired) electrons. The summed E-state index contributed by atoms with van der Waals surface area (Å²) in [6.45, 7) is 0. The number of carboxylic acids is 1. The van der Waals surface area contributed by atoms with Gasteiger partial charge in [-0.05, 0) is 25.0 Å². The Hall–Kier alpha value is -2.63. The van der Waals surface area contributed by atoms with E-state index in [-0.39, 0.29) is 25.2 Å². The largest absolute Gasteiger partial charge is 0.550 e. The number of aromatic nitrogens is 2. The third-order valence-corrected chi connectivity index (χ3v) is 2.66. The summed E-state index contributed by atoms with van der Waals surface area (Å²) in [5, 5.41) is 17.1. The smallest absolute Gasteiger partial charge is 0.225 e. The Morgan fingerprint density at radius 2 is 1.90 bits per heavy atom. The third-order valence-electron chi connectivity index (χ3n) is 2.66. The number of hydrogen-bond donors (Lipinski definition) is 1. The van der Waals surface area contributed by atoms with Gasteiger partial charge in [0.1, 0.15) is 0 Å². The second-order valence-corrected chi connectivity index (χ2v) is 4.25. The molecular formula is C14H14N3O3-. The second kappa shape index (κ2) is 6.51. The summed E-state index contributed by atoms with van der Waals surface area (Å²) < 4.78 is 1.65. The lowest BCUT2D eigenvalue weighted by Crippen LogP contribution is -2.22. The first-order chi connectivity index (χ1) is 9.65. The topological polar surface area (TPSA) is 87.0 Å². The van der Waals surface area contributed by atoms with Gasteiger partial charge in [0.15, 0.2) is 5.82 Å². The Labute approximate surface area is 116 Å². The number of hydrogen-bond acceptors (Lipinski definition) is 4. The molecule has 1 aromatic carbocycles. The lowest BCUT2D eigenvalue weighted by atomic mass is 10.2. The predicted octanol–water partition coefficient (Wildman–Crippen LogP) is 0.731. The maximum Gasteiger partial charge on any atom is 0.225 e. The zero-order chi connectivity index (χ0) is 14.4. The summed E-state index contributed by atoms with van der Waals surface area (Å²) in [4.78, 5) is 21.8. The molecule has 1 amide bonds. The molecule has 2 rings (SSSR count). The van der Waals surface area contributed by atoms with E-state index in [1.807, 2.05) is 30.3 Å². The Balaban J connectivity index is 1.90. The fourth-order valence-electron chi connectivity index (χ4n) is 1.71. The molecule has 0 atom stereocenters. The van der Waals surface area contributed by atoms with Crippen molar-refractivity contribution in [2.75, 3.05) is 5.32 Å². The highest BCUT2D eigenvalue weighted by atomic mass is 16.4. The summed E-state index contributed by atoms with van der Waals surface area (Å²) in [5.41, 5.74) is 0.893. The molecule has 0 spiro atoms. The summed E-state index contributed by atoms with van der Waals surface area (Å²) in [5.74, 6) is -0.969. The molecule has 0 saturated heterocycles. The van der Waals surface area contributed by atoms with Gasteiger partial charge in [-0.3, -0.25) is 4.79 Å². The quantitative estimate of drug-likeness (QED) is 0.839. The van der Waals surface area contributed by atoms with Gasteiger partial charge in [-0.25, -0.2) is 4.68 Å². The van der Waals surface area contributed by atoms with Crippen LogP contribution in [0.15, 0.2) is 42.6 Å². The second-order valence-electron chi connectivity index (χ2n) is 4.25. The number of anilines is 1. The summed E-state index contributed by atoms with van der Waals surface area (Å²) in [7, 11) is 0. The highest BCUT2D eigenvalue weighted by Crippen LogP contribution is 2.10. The summed E-state index contributed by atoms with van der Waals surface area (Å²) in [6, 6.07) is 11.2. The Kier molecular flexibility index (Phi) is 4.49. The van der Waals surface area contributed by atoms with Crippen LogP contribution in [-0.2, 0) is 9.59 Å². The molecule has 0 fully saturated rings. The fraction of sp³-hybridized carbons (Fsp3) is 0.214. The minimum atomic E-state index is -1.15. The van der Waals surface area contributed by atoms with E-state index in [2.05, 4.69) is 10.4 Å². The Bertz CT molecular complexity index is 593. The number of benzene rings is 1. The van der Waals surface area contributed by atoms with Crippen LogP contribution in [0, 0.1) is 0 Å². The molecule has 2 aromatic rings. The summed E-state index contributed by atoms with van der Waals surface area (Å²) >= 11 is 0. The maximum atomic E-state index is 11.6. The van der Waals surface area contributed by atoms with Crippen molar-refractivity contribution >= 4 is 17.7 Å². The number of rotatable bonds is 6. The van der Waals surface area contributed by atoms with Crippen molar-refractivity contribution in [2.45, 2.75) is 19.3 Å². The minimum absolute atomic E-state index is 0.119. The Morgan fingerprint density at radius 3 is 2.60 bits per heavy atom. The number of amides is 1. The predicted molar refractivity (Wildman–Crippen MR) is 71.1 cm³/mol. The van der Waals surface area contributed by atoms with Gasteiger partial charge in [0.2, 0.25) is 5.91 Å². The van der Waals surface area contributed by atoms with Crippen molar-refractivity contribution in [1.82, 2.24) is 9.78 Å². The van der Waals surface area contributed by atoms with Gasteiger partial charge in [-0.1, -0.05) is 18.2 Å². The third kappa shape index (κ3) is 3.94. The average molecular weight is 272 g/mol. The standard InChI is InChI=1S/C14H15N3O3/c18-13(7-4-8-14(19)20)15-12-9-10-17(16-12)11-5-2-1-3-6-11/h1-3,5-6,9-10H,4,7-8H2,(H,19,20)(H,15,16,18)/p-1. The molecule has 0 saturated carbocycles. The van der Waals surface area contributed by atoms with E-state index >= 15 is 0 Å². The van der Waals surface area contributed by atoms with Crippen LogP contribution >= 0.6 is 0 Å². The van der Waals surface area contributed by atoms with E-state index in [1.165, 1.54) is 0 Å². The molecule has 1 heterocycles. The van der Waals surface area contributed by atoms with Crippen molar-refractivity contribution in [2.24, 2.45) is 0 Å². The number of aliphatic carboxylic acids is 1. The highest BCUT2D eigenvalue weighted by molar-refractivity contribution is 5.89. The van der Waals surface area contributed by atoms with Gasteiger partial charge in [0, 0.05) is 24.7 Å². The molecule has 0 aliphatic heterocycles. The van der Waals surface area contributed by atoms with E-state index in [4.69, 9.17) is 0 Å². The van der Waals surface area contributed by atoms with Gasteiger partial charge in [0.25, 0.3) is 0 Å². The molecule has 1 aromatic heterocycles. The SMILES string of the molecule is O=C([O-])CCCC(=O)Nc1ccn(-c2ccccc2)n1. The van der Waals surface area contributed by atoms with Gasteiger partial charge in [0.05, 0.1) is 5.69 Å². The van der Waals surface area contributed by atoms with Gasteiger partial charge in [-0.2, -0.15) is 5.10 Å². The molecule has 0 aliphatic rings. The van der Waals surface area contributed by atoms with E-state index in [0.717, 1.165) is 5.69 Å². The van der Waals surface area contributed by atoms with Crippen molar-refractivity contribution in [3.05, 3.63) is 42.6 Å². The Morgan fingerprint density at radius 1 is 1.15 bits per heavy atom. The van der Waals surface area contributed by atoms with Gasteiger partial charge in [-0.15, -0.1) is 0 Å². The number of nitrogens with one attached hydrogen (secondary N) is 1. The van der Waals surface area contributed by atoms with Crippen molar-refractivity contribution in [1.29, 1.82) is 0 Å². The number of para-hydroxylation sites is 1. The van der Waals surface area contributed by atoms with Gasteiger partial charge >= 0.3 is 0 Å². The molecule has 104 valence electrons. The molecule has 6 nitrogen and oxygen atoms in total. The minimum Gasteiger partial charge on any atom is -0.550 e. The molecule has 6 heteroatoms. The first kappa shape index (κ1) is 13.8. The fourth-order valence-corrected chi connectivity index (χ4v) is 1.71. The average Bonchev–Trinajstić information content (AvgIpc) is 2.88. The maximum absolute atomic E-state index is 11.6. The van der Waals surface area contributed by atoms with Crippen LogP contribution in [0.3, 0.4) is 0 Å². The zero-order valence-corrected chi connectivity index (χ0v) is 10.8. The monoisotopic (exact) mass is 272 g/mol. The van der Waals surface area contributed by atoms with Crippen LogP contribution < -0.4 is 10.4 Å². The van der Waals surface area contributed by atoms with Crippen molar-refractivity contribution in [3.63, 3.8) is 0 Å². The van der Waals surface area contributed by atoms with Crippen molar-refractivity contribution < 1.29 is 14.7 Å². The number of carbonyl (C=O) groups excluding carboxylic acids is 2. The molecule has 0 unspecified atom stereocenters. The van der Waals surface area contributed by atoms with Crippen LogP contribution in [0.4, 0.5) is 5.82 Å². The zero-order valence-electron chi connectivity index (χ0n) is 10.8. The van der Waals surface area contributed by atoms with Gasteiger partial charge < -0.3 is 15.2 Å². The van der Waals surface area contributed by atoms with E-state index in [0.29, 0.717) is 5.82 Å². The molecule has 1 N–H and O–H groups in total. The molecule has 0 aliphatic carbocycles. The highest BCUT2D eigenvalue weighted by Gasteiger charge is 2.05. The lowest BCUT2D eigenvalue weighted by molar-refractivity contribution is -0.305. The number of carboxylic acid groups (broad SMARTS) is 1. The van der Waals surface area contributed by atoms with E-state index < -0.39 is 5.97 Å². The molecular weight excluding hydrogens is 258 g/mol. The van der Waals surface area contributed by atoms with Crippen LogP contribution in [-0.4, -0.2) is 21.7 Å². The van der Waals surface area contributed by atoms with Crippen LogP contribution in [0.25, 0.3) is 5.69 Å². The van der Waals surface area contributed by atoms with Crippen LogP contribution in [0.1, 0.15) is 19.3 Å². The number of carbonyl (C=O) groups is 2. The van der Waals surface area contributed by atoms with Crippen LogP contribution in [0.2, 0.25) is 0 Å². The van der Waals surface area contributed by atoms with E-state index in [1.54, 1.807) is 16.9 Å². The van der Waals surface area contributed by atoms with Crippen LogP contribution in [0.5, 0.6) is 0 Å². The van der Waals surface area contributed by atoms with E-state index in [9.17, 15) is 14.7 Å². The summed E-state index contributed by atoms with van der Waals surface area (Å²) in [6.07, 6.45) is 2.01. The normalized spacial score (nSPS) is 10.2. The molecule has 20 heavy (non-hydrogen) atoms. The number of nitrogens with zero attached hydrogens (tertiary/aromatic N) is 2. The molecule has 0 bridgehead atoms. The first-order valence-electron chi connectivity index (χ1n) is 6.26. The first-order valence-corrected chi connectivity index (χ1v) is 6.26. The van der Waals surface area contributed by atoms with Crippen molar-refractivity contribution in [3.8, 4) is 5.69 Å². The lowest BCUT2D eigenvalue weighted by Gasteiger charge is -2.03.